The lowest BCUT2D eigenvalue weighted by Crippen LogP contribution is -2.17. The van der Waals surface area contributed by atoms with E-state index in [1.54, 1.807) is 11.6 Å². The van der Waals surface area contributed by atoms with Gasteiger partial charge in [-0.3, -0.25) is 0 Å². The Labute approximate surface area is 109 Å². The molecule has 0 aliphatic carbocycles. The van der Waals surface area contributed by atoms with Gasteiger partial charge in [0.15, 0.2) is 0 Å². The van der Waals surface area contributed by atoms with Gasteiger partial charge in [-0.2, -0.15) is 10.4 Å². The van der Waals surface area contributed by atoms with E-state index in [0.29, 0.717) is 11.1 Å². The highest BCUT2D eigenvalue weighted by molar-refractivity contribution is 8.00. The van der Waals surface area contributed by atoms with Gasteiger partial charge in [-0.25, -0.2) is 9.36 Å². The van der Waals surface area contributed by atoms with Crippen LogP contribution in [0.15, 0.2) is 11.2 Å². The van der Waals surface area contributed by atoms with E-state index in [2.05, 4.69) is 21.4 Å². The summed E-state index contributed by atoms with van der Waals surface area (Å²) >= 11 is 1.26. The zero-order valence-electron chi connectivity index (χ0n) is 10.3. The second-order valence-electron chi connectivity index (χ2n) is 3.88. The lowest BCUT2D eigenvalue weighted by Gasteiger charge is -2.05. The summed E-state index contributed by atoms with van der Waals surface area (Å²) in [5.41, 5.74) is 1.81. The van der Waals surface area contributed by atoms with Crippen molar-refractivity contribution in [1.82, 2.24) is 24.7 Å². The lowest BCUT2D eigenvalue weighted by atomic mass is 10.4. The summed E-state index contributed by atoms with van der Waals surface area (Å²) in [6.07, 6.45) is 0. The van der Waals surface area contributed by atoms with Crippen LogP contribution in [0.4, 0.5) is 0 Å². The van der Waals surface area contributed by atoms with Crippen molar-refractivity contribution in [3.05, 3.63) is 17.5 Å². The molecule has 2 aromatic rings. The smallest absolute Gasteiger partial charge is 0.271 e. The maximum Gasteiger partial charge on any atom is 0.271 e. The number of nitrogen functional groups attached to an aromatic ring is 1. The van der Waals surface area contributed by atoms with Crippen molar-refractivity contribution in [2.75, 3.05) is 5.84 Å². The van der Waals surface area contributed by atoms with E-state index in [0.717, 1.165) is 11.4 Å². The van der Waals surface area contributed by atoms with Gasteiger partial charge in [-0.15, -0.1) is 10.2 Å². The Hall–Kier alpha value is -2.01. The van der Waals surface area contributed by atoms with Gasteiger partial charge in [0.1, 0.15) is 0 Å². The number of nitrogens with two attached hydrogens (primary N) is 1. The molecule has 0 radical (unpaired) electrons. The van der Waals surface area contributed by atoms with Crippen LogP contribution in [0.3, 0.4) is 0 Å². The van der Waals surface area contributed by atoms with Crippen LogP contribution in [0, 0.1) is 25.2 Å². The molecule has 0 aromatic carbocycles. The minimum absolute atomic E-state index is 0.232. The van der Waals surface area contributed by atoms with E-state index in [1.807, 2.05) is 19.9 Å². The van der Waals surface area contributed by atoms with Crippen LogP contribution < -0.4 is 5.84 Å². The Balaban J connectivity index is 2.37. The summed E-state index contributed by atoms with van der Waals surface area (Å²) < 4.78 is 2.97. The van der Waals surface area contributed by atoms with Crippen molar-refractivity contribution in [2.24, 2.45) is 0 Å². The first kappa shape index (κ1) is 12.4. The van der Waals surface area contributed by atoms with Crippen molar-refractivity contribution in [2.45, 2.75) is 31.2 Å². The number of nitriles is 1. The molecule has 94 valence electrons. The molecule has 2 rings (SSSR count). The Morgan fingerprint density at radius 2 is 2.17 bits per heavy atom. The summed E-state index contributed by atoms with van der Waals surface area (Å²) in [5, 5.41) is 21.3. The van der Waals surface area contributed by atoms with Gasteiger partial charge in [-0.1, -0.05) is 11.8 Å². The zero-order chi connectivity index (χ0) is 13.3. The predicted octanol–water partition coefficient (Wildman–Crippen LogP) is 0.799. The summed E-state index contributed by atoms with van der Waals surface area (Å²) in [4.78, 5) is 0. The number of aromatic nitrogens is 5. The number of hydrogen-bond donors (Lipinski definition) is 1. The number of thioether (sulfide) groups is 1. The molecule has 0 bridgehead atoms. The third-order valence-electron chi connectivity index (χ3n) is 2.31. The second-order valence-corrected chi connectivity index (χ2v) is 5.19. The average molecular weight is 263 g/mol. The molecule has 8 heteroatoms. The molecular formula is C10H13N7S. The van der Waals surface area contributed by atoms with Crippen LogP contribution in [0.1, 0.15) is 18.3 Å². The van der Waals surface area contributed by atoms with Gasteiger partial charge in [-0.05, 0) is 26.8 Å². The first-order valence-electron chi connectivity index (χ1n) is 5.33. The SMILES string of the molecule is Cc1cc(C)n(-c2nnc(SC(C)C#N)n2N)n1. The van der Waals surface area contributed by atoms with Crippen molar-refractivity contribution in [3.8, 4) is 12.0 Å². The number of nitrogens with zero attached hydrogens (tertiary/aromatic N) is 6. The molecule has 0 aliphatic rings. The molecule has 0 aliphatic heterocycles. The second kappa shape index (κ2) is 4.70. The largest absolute Gasteiger partial charge is 0.334 e. The Bertz CT molecular complexity index is 606. The van der Waals surface area contributed by atoms with Crippen LogP contribution in [0.25, 0.3) is 5.95 Å². The summed E-state index contributed by atoms with van der Waals surface area (Å²) in [7, 11) is 0. The van der Waals surface area contributed by atoms with Crippen molar-refractivity contribution in [1.29, 1.82) is 5.26 Å². The monoisotopic (exact) mass is 263 g/mol. The maximum atomic E-state index is 8.77. The Kier molecular flexibility index (Phi) is 3.25. The van der Waals surface area contributed by atoms with Gasteiger partial charge in [0, 0.05) is 5.69 Å². The molecule has 0 saturated heterocycles. The van der Waals surface area contributed by atoms with E-state index in [1.165, 1.54) is 16.4 Å². The zero-order valence-corrected chi connectivity index (χ0v) is 11.1. The van der Waals surface area contributed by atoms with E-state index < -0.39 is 0 Å². The highest BCUT2D eigenvalue weighted by atomic mass is 32.2. The minimum Gasteiger partial charge on any atom is -0.334 e. The third kappa shape index (κ3) is 2.17. The molecule has 2 aromatic heterocycles. The minimum atomic E-state index is -0.232. The highest BCUT2D eigenvalue weighted by Crippen LogP contribution is 2.21. The van der Waals surface area contributed by atoms with Gasteiger partial charge < -0.3 is 5.84 Å². The first-order valence-corrected chi connectivity index (χ1v) is 6.21. The fraction of sp³-hybridized carbons (Fsp3) is 0.400. The normalized spacial score (nSPS) is 12.3. The number of hydrogen-bond acceptors (Lipinski definition) is 6. The van der Waals surface area contributed by atoms with Crippen molar-refractivity contribution in [3.63, 3.8) is 0 Å². The summed E-state index contributed by atoms with van der Waals surface area (Å²) in [6, 6.07) is 4.04. The van der Waals surface area contributed by atoms with Gasteiger partial charge >= 0.3 is 0 Å². The van der Waals surface area contributed by atoms with Crippen molar-refractivity contribution >= 4 is 11.8 Å². The highest BCUT2D eigenvalue weighted by Gasteiger charge is 2.16. The van der Waals surface area contributed by atoms with E-state index >= 15 is 0 Å². The molecule has 7 nitrogen and oxygen atoms in total. The van der Waals surface area contributed by atoms with E-state index in [-0.39, 0.29) is 5.25 Å². The molecule has 0 saturated carbocycles. The lowest BCUT2D eigenvalue weighted by molar-refractivity contribution is 0.727. The van der Waals surface area contributed by atoms with Crippen molar-refractivity contribution < 1.29 is 0 Å². The van der Waals surface area contributed by atoms with E-state index in [4.69, 9.17) is 11.1 Å². The number of aryl methyl sites for hydroxylation is 2. The molecule has 1 atom stereocenters. The molecule has 0 fully saturated rings. The molecule has 2 heterocycles. The summed E-state index contributed by atoms with van der Waals surface area (Å²) in [6.45, 7) is 5.59. The van der Waals surface area contributed by atoms with Crippen LogP contribution >= 0.6 is 11.8 Å². The van der Waals surface area contributed by atoms with Crippen LogP contribution in [-0.4, -0.2) is 29.9 Å². The maximum absolute atomic E-state index is 8.77. The van der Waals surface area contributed by atoms with Gasteiger partial charge in [0.2, 0.25) is 5.16 Å². The van der Waals surface area contributed by atoms with Crippen LogP contribution in [-0.2, 0) is 0 Å². The van der Waals surface area contributed by atoms with E-state index in [9.17, 15) is 0 Å². The Morgan fingerprint density at radius 1 is 1.44 bits per heavy atom. The topological polar surface area (TPSA) is 98.3 Å². The molecule has 2 N–H and O–H groups in total. The Morgan fingerprint density at radius 3 is 2.72 bits per heavy atom. The van der Waals surface area contributed by atoms with Gasteiger partial charge in [0.05, 0.1) is 17.0 Å². The third-order valence-corrected chi connectivity index (χ3v) is 3.26. The number of rotatable bonds is 3. The standard InChI is InChI=1S/C10H13N7S/c1-6-4-7(2)17(15-6)9-13-14-10(16(9)12)18-8(3)5-11/h4,8H,12H2,1-3H3. The molecule has 0 spiro atoms. The molecule has 1 unspecified atom stereocenters. The fourth-order valence-corrected chi connectivity index (χ4v) is 2.16. The molecular weight excluding hydrogens is 250 g/mol. The van der Waals surface area contributed by atoms with Gasteiger partial charge in [0.25, 0.3) is 5.95 Å². The first-order chi connectivity index (χ1) is 8.52. The summed E-state index contributed by atoms with van der Waals surface area (Å²) in [5.74, 6) is 6.36. The van der Waals surface area contributed by atoms with Crippen LogP contribution in [0.2, 0.25) is 0 Å². The molecule has 18 heavy (non-hydrogen) atoms. The quantitative estimate of drug-likeness (QED) is 0.649. The fourth-order valence-electron chi connectivity index (χ4n) is 1.51. The molecule has 0 amide bonds. The van der Waals surface area contributed by atoms with Crippen LogP contribution in [0.5, 0.6) is 0 Å². The average Bonchev–Trinajstić information content (AvgIpc) is 2.83. The predicted molar refractivity (Wildman–Crippen MR) is 67.7 cm³/mol.